The lowest BCUT2D eigenvalue weighted by molar-refractivity contribution is 0.304. The van der Waals surface area contributed by atoms with Crippen LogP contribution >= 0.6 is 0 Å². The zero-order valence-electron chi connectivity index (χ0n) is 13.2. The third-order valence-electron chi connectivity index (χ3n) is 3.88. The smallest absolute Gasteiger partial charge is 0.140 e. The van der Waals surface area contributed by atoms with E-state index in [1.165, 1.54) is 0 Å². The van der Waals surface area contributed by atoms with E-state index in [2.05, 4.69) is 29.2 Å². The molecule has 23 heavy (non-hydrogen) atoms. The molecule has 0 saturated heterocycles. The zero-order chi connectivity index (χ0) is 15.8. The summed E-state index contributed by atoms with van der Waals surface area (Å²) in [6, 6.07) is 16.2. The van der Waals surface area contributed by atoms with Gasteiger partial charge in [0.2, 0.25) is 0 Å². The number of nitrogens with zero attached hydrogens (tertiary/aromatic N) is 1. The van der Waals surface area contributed by atoms with Crippen molar-refractivity contribution in [3.05, 3.63) is 71.2 Å². The number of hydrogen-bond acceptors (Lipinski definition) is 3. The van der Waals surface area contributed by atoms with Gasteiger partial charge in [-0.25, -0.2) is 0 Å². The molecule has 3 heteroatoms. The van der Waals surface area contributed by atoms with Crippen LogP contribution in [0.25, 0.3) is 16.8 Å². The second kappa shape index (κ2) is 5.43. The molecule has 4 rings (SSSR count). The van der Waals surface area contributed by atoms with Crippen LogP contribution in [0.1, 0.15) is 23.9 Å². The van der Waals surface area contributed by atoms with Gasteiger partial charge in [-0.3, -0.25) is 4.98 Å². The maximum atomic E-state index is 5.96. The summed E-state index contributed by atoms with van der Waals surface area (Å²) >= 11 is 0. The van der Waals surface area contributed by atoms with Crippen molar-refractivity contribution in [1.29, 1.82) is 0 Å². The first-order valence-corrected chi connectivity index (χ1v) is 7.67. The molecule has 0 radical (unpaired) electrons. The molecule has 3 aromatic rings. The number of hydrogen-bond donors (Lipinski definition) is 0. The van der Waals surface area contributed by atoms with E-state index in [1.807, 2.05) is 44.2 Å². The van der Waals surface area contributed by atoms with Gasteiger partial charge in [-0.1, -0.05) is 30.3 Å². The van der Waals surface area contributed by atoms with E-state index in [9.17, 15) is 0 Å². The van der Waals surface area contributed by atoms with Crippen LogP contribution in [0, 0.1) is 6.92 Å². The third-order valence-corrected chi connectivity index (χ3v) is 3.88. The summed E-state index contributed by atoms with van der Waals surface area (Å²) in [5.41, 5.74) is 3.10. The highest BCUT2D eigenvalue weighted by atomic mass is 16.5. The van der Waals surface area contributed by atoms with E-state index in [4.69, 9.17) is 9.47 Å². The van der Waals surface area contributed by atoms with E-state index in [0.29, 0.717) is 6.61 Å². The first kappa shape index (κ1) is 13.8. The van der Waals surface area contributed by atoms with Crippen LogP contribution in [-0.4, -0.2) is 4.98 Å². The fourth-order valence-corrected chi connectivity index (χ4v) is 2.91. The lowest BCUT2D eigenvalue weighted by Gasteiger charge is -2.18. The summed E-state index contributed by atoms with van der Waals surface area (Å²) in [7, 11) is 0. The van der Waals surface area contributed by atoms with Gasteiger partial charge in [0.05, 0.1) is 11.1 Å². The Morgan fingerprint density at radius 3 is 2.70 bits per heavy atom. The van der Waals surface area contributed by atoms with Crippen LogP contribution in [0.3, 0.4) is 0 Å². The Morgan fingerprint density at radius 1 is 1.04 bits per heavy atom. The molecular weight excluding hydrogens is 286 g/mol. The van der Waals surface area contributed by atoms with Crippen molar-refractivity contribution in [3.63, 3.8) is 0 Å². The maximum Gasteiger partial charge on any atom is 0.140 e. The van der Waals surface area contributed by atoms with Gasteiger partial charge >= 0.3 is 0 Å². The van der Waals surface area contributed by atoms with E-state index in [0.717, 1.165) is 45.0 Å². The fourth-order valence-electron chi connectivity index (χ4n) is 2.91. The average Bonchev–Trinajstić information content (AvgIpc) is 2.53. The molecule has 1 aliphatic rings. The highest BCUT2D eigenvalue weighted by molar-refractivity contribution is 5.97. The Kier molecular flexibility index (Phi) is 3.27. The van der Waals surface area contributed by atoms with Crippen molar-refractivity contribution in [2.45, 2.75) is 20.5 Å². The number of allylic oxidation sites excluding steroid dienone is 1. The Hall–Kier alpha value is -2.81. The molecule has 1 aromatic heterocycles. The second-order valence-electron chi connectivity index (χ2n) is 5.80. The molecule has 0 unspecified atom stereocenters. The monoisotopic (exact) mass is 303 g/mol. The molecule has 0 atom stereocenters. The summed E-state index contributed by atoms with van der Waals surface area (Å²) in [6.45, 7) is 4.49. The van der Waals surface area contributed by atoms with Crippen molar-refractivity contribution >= 4 is 16.8 Å². The number of aryl methyl sites for hydroxylation is 1. The van der Waals surface area contributed by atoms with Crippen LogP contribution in [0.15, 0.2) is 54.3 Å². The normalized spacial score (nSPS) is 12.7. The molecule has 2 heterocycles. The topological polar surface area (TPSA) is 31.4 Å². The zero-order valence-corrected chi connectivity index (χ0v) is 13.2. The Morgan fingerprint density at radius 2 is 1.87 bits per heavy atom. The van der Waals surface area contributed by atoms with Crippen LogP contribution in [0.4, 0.5) is 0 Å². The van der Waals surface area contributed by atoms with Gasteiger partial charge in [0.25, 0.3) is 0 Å². The highest BCUT2D eigenvalue weighted by Crippen LogP contribution is 2.38. The van der Waals surface area contributed by atoms with Crippen molar-refractivity contribution in [3.8, 4) is 11.5 Å². The van der Waals surface area contributed by atoms with Crippen LogP contribution in [-0.2, 0) is 6.61 Å². The van der Waals surface area contributed by atoms with Gasteiger partial charge in [0.15, 0.2) is 0 Å². The van der Waals surface area contributed by atoms with Crippen molar-refractivity contribution in [1.82, 2.24) is 4.98 Å². The van der Waals surface area contributed by atoms with Crippen molar-refractivity contribution in [2.24, 2.45) is 0 Å². The summed E-state index contributed by atoms with van der Waals surface area (Å²) < 4.78 is 11.8. The van der Waals surface area contributed by atoms with E-state index in [1.54, 1.807) is 0 Å². The molecule has 1 aliphatic heterocycles. The molecule has 0 aliphatic carbocycles. The minimum Gasteiger partial charge on any atom is -0.489 e. The number of pyridine rings is 1. The minimum absolute atomic E-state index is 0.539. The molecule has 114 valence electrons. The van der Waals surface area contributed by atoms with Gasteiger partial charge in [-0.2, -0.15) is 0 Å². The number of benzene rings is 2. The lowest BCUT2D eigenvalue weighted by Crippen LogP contribution is -2.02. The first-order valence-electron chi connectivity index (χ1n) is 7.67. The molecule has 0 saturated carbocycles. The van der Waals surface area contributed by atoms with Gasteiger partial charge < -0.3 is 9.47 Å². The lowest BCUT2D eigenvalue weighted by atomic mass is 10.0. The van der Waals surface area contributed by atoms with E-state index in [-0.39, 0.29) is 0 Å². The quantitative estimate of drug-likeness (QED) is 0.691. The standard InChI is InChI=1S/C20H17NO2/c1-13-8-16-10-17(22-12-15-6-4-3-5-7-15)11-19-20(16)18(21-13)9-14(2)23-19/h3-11H,12H2,1-2H3. The molecule has 0 spiro atoms. The molecule has 0 N–H and O–H groups in total. The van der Waals surface area contributed by atoms with Gasteiger partial charge in [0.1, 0.15) is 23.9 Å². The van der Waals surface area contributed by atoms with Gasteiger partial charge in [0, 0.05) is 17.8 Å². The summed E-state index contributed by atoms with van der Waals surface area (Å²) in [4.78, 5) is 4.61. The molecular formula is C20H17NO2. The number of aromatic nitrogens is 1. The maximum absolute atomic E-state index is 5.96. The Labute approximate surface area is 135 Å². The third kappa shape index (κ3) is 2.66. The van der Waals surface area contributed by atoms with E-state index >= 15 is 0 Å². The summed E-state index contributed by atoms with van der Waals surface area (Å²) in [6.07, 6.45) is 1.98. The van der Waals surface area contributed by atoms with Crippen molar-refractivity contribution < 1.29 is 9.47 Å². The predicted molar refractivity (Wildman–Crippen MR) is 91.5 cm³/mol. The average molecular weight is 303 g/mol. The van der Waals surface area contributed by atoms with Gasteiger partial charge in [-0.15, -0.1) is 0 Å². The van der Waals surface area contributed by atoms with Gasteiger partial charge in [-0.05, 0) is 36.9 Å². The summed E-state index contributed by atoms with van der Waals surface area (Å²) in [5.74, 6) is 2.47. The Balaban J connectivity index is 1.74. The molecule has 2 aromatic carbocycles. The molecule has 3 nitrogen and oxygen atoms in total. The van der Waals surface area contributed by atoms with Crippen LogP contribution in [0.5, 0.6) is 11.5 Å². The summed E-state index contributed by atoms with van der Waals surface area (Å²) in [5, 5.41) is 2.14. The fraction of sp³-hybridized carbons (Fsp3) is 0.150. The Bertz CT molecular complexity index is 914. The molecule has 0 bridgehead atoms. The second-order valence-corrected chi connectivity index (χ2v) is 5.80. The SMILES string of the molecule is CC1=Cc2nc(C)cc3cc(OCc4ccccc4)cc(c23)O1. The number of rotatable bonds is 3. The van der Waals surface area contributed by atoms with Crippen LogP contribution < -0.4 is 9.47 Å². The molecule has 0 amide bonds. The number of ether oxygens (including phenoxy) is 2. The van der Waals surface area contributed by atoms with Crippen LogP contribution in [0.2, 0.25) is 0 Å². The molecule has 0 fully saturated rings. The predicted octanol–water partition coefficient (Wildman–Crippen LogP) is 4.88. The van der Waals surface area contributed by atoms with Crippen molar-refractivity contribution in [2.75, 3.05) is 0 Å². The minimum atomic E-state index is 0.539. The van der Waals surface area contributed by atoms with E-state index < -0.39 is 0 Å². The highest BCUT2D eigenvalue weighted by Gasteiger charge is 2.16. The largest absolute Gasteiger partial charge is 0.489 e. The first-order chi connectivity index (χ1) is 11.2.